The second-order valence-corrected chi connectivity index (χ2v) is 5.17. The number of carbonyl (C=O) groups is 2. The Morgan fingerprint density at radius 3 is 2.56 bits per heavy atom. The number of nitrogens with zero attached hydrogens (tertiary/aromatic N) is 1. The lowest BCUT2D eigenvalue weighted by Gasteiger charge is -2.21. The van der Waals surface area contributed by atoms with E-state index < -0.39 is 17.5 Å². The van der Waals surface area contributed by atoms with E-state index in [0.717, 1.165) is 5.69 Å². The monoisotopic (exact) mass is 252 g/mol. The summed E-state index contributed by atoms with van der Waals surface area (Å²) in [5, 5.41) is 0. The topological polar surface area (TPSA) is 62.4 Å². The number of ether oxygens (including phenoxy) is 1. The molecule has 0 fully saturated rings. The first-order valence-corrected chi connectivity index (χ1v) is 5.90. The number of amides is 1. The molecule has 0 aromatic carbocycles. The summed E-state index contributed by atoms with van der Waals surface area (Å²) in [4.78, 5) is 27.7. The molecular formula is C13H20N2O3. The highest BCUT2D eigenvalue weighted by atomic mass is 16.6. The van der Waals surface area contributed by atoms with Crippen molar-refractivity contribution in [2.45, 2.75) is 32.8 Å². The molecule has 0 aliphatic heterocycles. The highest BCUT2D eigenvalue weighted by Crippen LogP contribution is 2.08. The molecule has 1 rings (SSSR count). The fourth-order valence-corrected chi connectivity index (χ4v) is 1.39. The average Bonchev–Trinajstić information content (AvgIpc) is 2.75. The number of hydrogen-bond donors (Lipinski definition) is 1. The molecule has 18 heavy (non-hydrogen) atoms. The summed E-state index contributed by atoms with van der Waals surface area (Å²) in [6, 6.07) is 3.83. The minimum absolute atomic E-state index is 0.471. The van der Waals surface area contributed by atoms with E-state index in [0.29, 0.717) is 13.0 Å². The van der Waals surface area contributed by atoms with Gasteiger partial charge in [-0.3, -0.25) is 4.79 Å². The van der Waals surface area contributed by atoms with E-state index >= 15 is 0 Å². The molecule has 0 aliphatic rings. The summed E-state index contributed by atoms with van der Waals surface area (Å²) in [6.45, 7) is 5.67. The van der Waals surface area contributed by atoms with E-state index in [-0.39, 0.29) is 0 Å². The fraction of sp³-hybridized carbons (Fsp3) is 0.538. The number of aromatic amines is 1. The minimum Gasteiger partial charge on any atom is -0.453 e. The van der Waals surface area contributed by atoms with E-state index in [2.05, 4.69) is 4.98 Å². The van der Waals surface area contributed by atoms with Gasteiger partial charge in [-0.25, -0.2) is 4.79 Å². The van der Waals surface area contributed by atoms with Crippen molar-refractivity contribution in [3.8, 4) is 0 Å². The van der Waals surface area contributed by atoms with Crippen LogP contribution < -0.4 is 0 Å². The summed E-state index contributed by atoms with van der Waals surface area (Å²) in [7, 11) is 1.59. The molecule has 5 heteroatoms. The Balaban J connectivity index is 2.43. The van der Waals surface area contributed by atoms with Gasteiger partial charge >= 0.3 is 11.9 Å². The summed E-state index contributed by atoms with van der Waals surface area (Å²) in [5.74, 6) is -1.42. The summed E-state index contributed by atoms with van der Waals surface area (Å²) < 4.78 is 5.02. The number of H-pyrrole nitrogens is 1. The van der Waals surface area contributed by atoms with E-state index in [4.69, 9.17) is 4.74 Å². The number of esters is 1. The van der Waals surface area contributed by atoms with Gasteiger partial charge < -0.3 is 14.6 Å². The highest BCUT2D eigenvalue weighted by Gasteiger charge is 2.25. The lowest BCUT2D eigenvalue weighted by atomic mass is 10.2. The van der Waals surface area contributed by atoms with Crippen LogP contribution in [-0.4, -0.2) is 41.0 Å². The van der Waals surface area contributed by atoms with Crippen molar-refractivity contribution in [3.63, 3.8) is 0 Å². The molecule has 1 N–H and O–H groups in total. The largest absolute Gasteiger partial charge is 0.453 e. The molecule has 0 saturated carbocycles. The first-order valence-electron chi connectivity index (χ1n) is 5.90. The molecular weight excluding hydrogens is 232 g/mol. The first-order chi connectivity index (χ1) is 8.29. The van der Waals surface area contributed by atoms with Gasteiger partial charge in [0.1, 0.15) is 5.60 Å². The summed E-state index contributed by atoms with van der Waals surface area (Å²) >= 11 is 0. The van der Waals surface area contributed by atoms with Gasteiger partial charge in [-0.15, -0.1) is 0 Å². The Morgan fingerprint density at radius 2 is 2.06 bits per heavy atom. The van der Waals surface area contributed by atoms with E-state index in [9.17, 15) is 9.59 Å². The molecule has 0 bridgehead atoms. The van der Waals surface area contributed by atoms with Crippen LogP contribution in [0.1, 0.15) is 26.5 Å². The van der Waals surface area contributed by atoms with E-state index in [1.807, 2.05) is 18.3 Å². The predicted octanol–water partition coefficient (Wildman–Crippen LogP) is 1.36. The van der Waals surface area contributed by atoms with Crippen LogP contribution >= 0.6 is 0 Å². The van der Waals surface area contributed by atoms with Crippen LogP contribution in [0.4, 0.5) is 0 Å². The second kappa shape index (κ2) is 5.71. The van der Waals surface area contributed by atoms with E-state index in [1.165, 1.54) is 4.90 Å². The molecule has 1 amide bonds. The van der Waals surface area contributed by atoms with Gasteiger partial charge in [-0.1, -0.05) is 0 Å². The number of hydrogen-bond acceptors (Lipinski definition) is 3. The Bertz CT molecular complexity index is 404. The van der Waals surface area contributed by atoms with Crippen LogP contribution in [0.15, 0.2) is 18.3 Å². The Labute approximate surface area is 107 Å². The SMILES string of the molecule is CN(CCc1ccc[nH]1)C(=O)C(=O)OC(C)(C)C. The maximum atomic E-state index is 11.7. The maximum Gasteiger partial charge on any atom is 0.397 e. The van der Waals surface area contributed by atoms with Crippen molar-refractivity contribution < 1.29 is 14.3 Å². The van der Waals surface area contributed by atoms with Crippen molar-refractivity contribution in [2.24, 2.45) is 0 Å². The zero-order valence-electron chi connectivity index (χ0n) is 11.3. The molecule has 0 aliphatic carbocycles. The van der Waals surface area contributed by atoms with Crippen LogP contribution in [0.25, 0.3) is 0 Å². The van der Waals surface area contributed by atoms with Gasteiger partial charge in [0.2, 0.25) is 0 Å². The highest BCUT2D eigenvalue weighted by molar-refractivity contribution is 6.32. The van der Waals surface area contributed by atoms with Gasteiger partial charge in [0.25, 0.3) is 0 Å². The zero-order valence-corrected chi connectivity index (χ0v) is 11.3. The molecule has 1 aromatic heterocycles. The Hall–Kier alpha value is -1.78. The Kier molecular flexibility index (Phi) is 4.53. The molecule has 0 radical (unpaired) electrons. The van der Waals surface area contributed by atoms with Crippen molar-refractivity contribution >= 4 is 11.9 Å². The molecule has 1 aromatic rings. The van der Waals surface area contributed by atoms with Crippen molar-refractivity contribution in [1.82, 2.24) is 9.88 Å². The third-order valence-corrected chi connectivity index (χ3v) is 2.30. The van der Waals surface area contributed by atoms with Crippen LogP contribution in [0.3, 0.4) is 0 Å². The number of nitrogens with one attached hydrogen (secondary N) is 1. The smallest absolute Gasteiger partial charge is 0.397 e. The van der Waals surface area contributed by atoms with Gasteiger partial charge in [-0.2, -0.15) is 0 Å². The Morgan fingerprint density at radius 1 is 1.39 bits per heavy atom. The normalized spacial score (nSPS) is 11.1. The van der Waals surface area contributed by atoms with Gasteiger partial charge in [-0.05, 0) is 32.9 Å². The molecule has 0 saturated heterocycles. The van der Waals surface area contributed by atoms with E-state index in [1.54, 1.807) is 27.8 Å². The third-order valence-electron chi connectivity index (χ3n) is 2.30. The minimum atomic E-state index is -0.809. The van der Waals surface area contributed by atoms with Crippen LogP contribution in [0.2, 0.25) is 0 Å². The lowest BCUT2D eigenvalue weighted by Crippen LogP contribution is -2.39. The maximum absolute atomic E-state index is 11.7. The molecule has 0 atom stereocenters. The first kappa shape index (κ1) is 14.3. The van der Waals surface area contributed by atoms with Crippen molar-refractivity contribution in [3.05, 3.63) is 24.0 Å². The standard InChI is InChI=1S/C13H20N2O3/c1-13(2,3)18-12(17)11(16)15(4)9-7-10-6-5-8-14-10/h5-6,8,14H,7,9H2,1-4H3. The van der Waals surface area contributed by atoms with Gasteiger partial charge in [0, 0.05) is 31.9 Å². The zero-order chi connectivity index (χ0) is 13.8. The van der Waals surface area contributed by atoms with Crippen molar-refractivity contribution in [2.75, 3.05) is 13.6 Å². The fourth-order valence-electron chi connectivity index (χ4n) is 1.39. The quantitative estimate of drug-likeness (QED) is 0.652. The second-order valence-electron chi connectivity index (χ2n) is 5.17. The van der Waals surface area contributed by atoms with Gasteiger partial charge in [0.05, 0.1) is 0 Å². The average molecular weight is 252 g/mol. The third kappa shape index (κ3) is 4.61. The van der Waals surface area contributed by atoms with Crippen LogP contribution in [0.5, 0.6) is 0 Å². The number of likely N-dealkylation sites (N-methyl/N-ethyl adjacent to an activating group) is 1. The number of carbonyl (C=O) groups excluding carboxylic acids is 2. The van der Waals surface area contributed by atoms with Gasteiger partial charge in [0.15, 0.2) is 0 Å². The molecule has 0 spiro atoms. The lowest BCUT2D eigenvalue weighted by molar-refractivity contribution is -0.167. The molecule has 5 nitrogen and oxygen atoms in total. The molecule has 0 unspecified atom stereocenters. The summed E-state index contributed by atoms with van der Waals surface area (Å²) in [6.07, 6.45) is 2.50. The van der Waals surface area contributed by atoms with Crippen molar-refractivity contribution in [1.29, 1.82) is 0 Å². The summed E-state index contributed by atoms with van der Waals surface area (Å²) in [5.41, 5.74) is 0.381. The predicted molar refractivity (Wildman–Crippen MR) is 68.0 cm³/mol. The van der Waals surface area contributed by atoms with Crippen LogP contribution in [0, 0.1) is 0 Å². The van der Waals surface area contributed by atoms with Crippen LogP contribution in [-0.2, 0) is 20.7 Å². The number of rotatable bonds is 3. The molecule has 1 heterocycles. The number of aromatic nitrogens is 1. The molecule has 100 valence electrons.